The van der Waals surface area contributed by atoms with E-state index in [1.165, 1.54) is 7.11 Å². The van der Waals surface area contributed by atoms with Gasteiger partial charge in [0.1, 0.15) is 11.3 Å². The van der Waals surface area contributed by atoms with E-state index < -0.39 is 11.8 Å². The van der Waals surface area contributed by atoms with Crippen molar-refractivity contribution < 1.29 is 28.6 Å². The fourth-order valence-corrected chi connectivity index (χ4v) is 4.12. The lowest BCUT2D eigenvalue weighted by Gasteiger charge is -2.21. The standard InChI is InChI=1S/C27H28N2O6/c1-18-25(27(32)33-2)26(31)23(29(18)20-7-4-3-5-8-20)15-19-10-12-21(13-11-19)35-17-24(30)28-16-22-9-6-14-34-22/h3-5,7-8,10-13,15,22H,6,9,14,16-17H2,1-2H3,(H,28,30)/b23-15-/t22-/m1/s1. The van der Waals surface area contributed by atoms with E-state index in [0.717, 1.165) is 30.7 Å². The molecular weight excluding hydrogens is 448 g/mol. The molecule has 0 unspecified atom stereocenters. The van der Waals surface area contributed by atoms with Gasteiger partial charge in [0.15, 0.2) is 6.61 Å². The molecule has 1 fully saturated rings. The largest absolute Gasteiger partial charge is 0.484 e. The maximum absolute atomic E-state index is 13.2. The van der Waals surface area contributed by atoms with E-state index in [1.807, 2.05) is 30.3 Å². The average molecular weight is 477 g/mol. The van der Waals surface area contributed by atoms with Crippen LogP contribution < -0.4 is 15.0 Å². The highest BCUT2D eigenvalue weighted by atomic mass is 16.5. The number of benzene rings is 2. The number of hydrogen-bond donors (Lipinski definition) is 1. The maximum atomic E-state index is 13.2. The Kier molecular flexibility index (Phi) is 7.62. The zero-order valence-corrected chi connectivity index (χ0v) is 19.8. The number of rotatable bonds is 8. The van der Waals surface area contributed by atoms with Crippen molar-refractivity contribution in [2.45, 2.75) is 25.9 Å². The van der Waals surface area contributed by atoms with Crippen LogP contribution in [0.25, 0.3) is 6.08 Å². The van der Waals surface area contributed by atoms with E-state index in [4.69, 9.17) is 14.2 Å². The summed E-state index contributed by atoms with van der Waals surface area (Å²) in [5.41, 5.74) is 2.36. The number of allylic oxidation sites excluding steroid dienone is 2. The molecule has 0 bridgehead atoms. The van der Waals surface area contributed by atoms with Gasteiger partial charge >= 0.3 is 5.97 Å². The van der Waals surface area contributed by atoms with Crippen molar-refractivity contribution in [3.63, 3.8) is 0 Å². The number of amides is 1. The molecule has 35 heavy (non-hydrogen) atoms. The van der Waals surface area contributed by atoms with E-state index in [0.29, 0.717) is 23.7 Å². The fourth-order valence-electron chi connectivity index (χ4n) is 4.12. The van der Waals surface area contributed by atoms with Crippen LogP contribution >= 0.6 is 0 Å². The third kappa shape index (κ3) is 5.60. The van der Waals surface area contributed by atoms with Gasteiger partial charge in [-0.1, -0.05) is 30.3 Å². The second-order valence-corrected chi connectivity index (χ2v) is 8.28. The summed E-state index contributed by atoms with van der Waals surface area (Å²) in [6.45, 7) is 2.85. The molecule has 2 aliphatic heterocycles. The van der Waals surface area contributed by atoms with Crippen LogP contribution in [-0.4, -0.2) is 50.6 Å². The number of ether oxygens (including phenoxy) is 3. The third-order valence-corrected chi connectivity index (χ3v) is 5.91. The molecular formula is C27H28N2O6. The highest BCUT2D eigenvalue weighted by molar-refractivity contribution is 6.30. The molecule has 0 aromatic heterocycles. The molecule has 2 heterocycles. The number of nitrogens with one attached hydrogen (secondary N) is 1. The molecule has 2 aromatic rings. The summed E-state index contributed by atoms with van der Waals surface area (Å²) in [6.07, 6.45) is 3.78. The van der Waals surface area contributed by atoms with Gasteiger partial charge in [-0.25, -0.2) is 4.79 Å². The topological polar surface area (TPSA) is 94.2 Å². The summed E-state index contributed by atoms with van der Waals surface area (Å²) < 4.78 is 15.9. The first-order chi connectivity index (χ1) is 17.0. The summed E-state index contributed by atoms with van der Waals surface area (Å²) in [7, 11) is 1.26. The Morgan fingerprint density at radius 2 is 1.89 bits per heavy atom. The summed E-state index contributed by atoms with van der Waals surface area (Å²) >= 11 is 0. The smallest absolute Gasteiger partial charge is 0.343 e. The molecule has 4 rings (SSSR count). The number of nitrogens with zero attached hydrogens (tertiary/aromatic N) is 1. The first-order valence-electron chi connectivity index (χ1n) is 11.5. The second kappa shape index (κ2) is 11.0. The maximum Gasteiger partial charge on any atom is 0.343 e. The predicted octanol–water partition coefficient (Wildman–Crippen LogP) is 3.24. The van der Waals surface area contributed by atoms with Crippen LogP contribution in [0.5, 0.6) is 5.75 Å². The molecule has 2 aliphatic rings. The summed E-state index contributed by atoms with van der Waals surface area (Å²) in [5.74, 6) is -0.750. The number of hydrogen-bond acceptors (Lipinski definition) is 7. The molecule has 1 atom stereocenters. The zero-order chi connectivity index (χ0) is 24.8. The number of Topliss-reactive ketones (excluding diaryl/α,β-unsaturated/α-hetero) is 1. The number of anilines is 1. The Balaban J connectivity index is 1.46. The lowest BCUT2D eigenvalue weighted by atomic mass is 10.1. The highest BCUT2D eigenvalue weighted by Gasteiger charge is 2.38. The molecule has 8 heteroatoms. The minimum atomic E-state index is -0.668. The van der Waals surface area contributed by atoms with Crippen molar-refractivity contribution in [1.82, 2.24) is 5.32 Å². The van der Waals surface area contributed by atoms with Gasteiger partial charge in [0.25, 0.3) is 5.91 Å². The molecule has 0 aliphatic carbocycles. The van der Waals surface area contributed by atoms with Crippen molar-refractivity contribution in [2.75, 3.05) is 31.8 Å². The Morgan fingerprint density at radius 3 is 2.54 bits per heavy atom. The van der Waals surface area contributed by atoms with Crippen LogP contribution in [-0.2, 0) is 23.9 Å². The van der Waals surface area contributed by atoms with Crippen LogP contribution in [0, 0.1) is 0 Å². The summed E-state index contributed by atoms with van der Waals surface area (Å²) in [4.78, 5) is 39.2. The van der Waals surface area contributed by atoms with Gasteiger partial charge in [-0.05, 0) is 55.7 Å². The normalized spacial score (nSPS) is 18.8. The van der Waals surface area contributed by atoms with Crippen molar-refractivity contribution in [3.8, 4) is 5.75 Å². The van der Waals surface area contributed by atoms with Gasteiger partial charge in [0, 0.05) is 24.5 Å². The van der Waals surface area contributed by atoms with Gasteiger partial charge < -0.3 is 24.4 Å². The minimum Gasteiger partial charge on any atom is -0.484 e. The van der Waals surface area contributed by atoms with Crippen molar-refractivity contribution in [1.29, 1.82) is 0 Å². The van der Waals surface area contributed by atoms with E-state index in [2.05, 4.69) is 5.32 Å². The van der Waals surface area contributed by atoms with Crippen LogP contribution in [0.3, 0.4) is 0 Å². The van der Waals surface area contributed by atoms with E-state index >= 15 is 0 Å². The number of para-hydroxylation sites is 1. The lowest BCUT2D eigenvalue weighted by molar-refractivity contribution is -0.137. The number of methoxy groups -OCH3 is 1. The van der Waals surface area contributed by atoms with Crippen molar-refractivity contribution in [2.24, 2.45) is 0 Å². The molecule has 0 spiro atoms. The van der Waals surface area contributed by atoms with Crippen molar-refractivity contribution in [3.05, 3.63) is 77.1 Å². The molecule has 0 saturated carbocycles. The Bertz CT molecular complexity index is 1150. The number of carbonyl (C=O) groups is 3. The van der Waals surface area contributed by atoms with Gasteiger partial charge in [0.2, 0.25) is 5.78 Å². The second-order valence-electron chi connectivity index (χ2n) is 8.28. The molecule has 8 nitrogen and oxygen atoms in total. The molecule has 2 aromatic carbocycles. The van der Waals surface area contributed by atoms with Crippen LogP contribution in [0.1, 0.15) is 25.3 Å². The summed E-state index contributed by atoms with van der Waals surface area (Å²) in [5, 5.41) is 2.82. The van der Waals surface area contributed by atoms with Crippen LogP contribution in [0.4, 0.5) is 5.69 Å². The van der Waals surface area contributed by atoms with Crippen LogP contribution in [0.2, 0.25) is 0 Å². The summed E-state index contributed by atoms with van der Waals surface area (Å²) in [6, 6.07) is 16.4. The quantitative estimate of drug-likeness (QED) is 0.355. The highest BCUT2D eigenvalue weighted by Crippen LogP contribution is 2.35. The molecule has 1 N–H and O–H groups in total. The Hall–Kier alpha value is -3.91. The first-order valence-corrected chi connectivity index (χ1v) is 11.5. The first kappa shape index (κ1) is 24.2. The minimum absolute atomic E-state index is 0.0107. The van der Waals surface area contributed by atoms with E-state index in [1.54, 1.807) is 42.2 Å². The van der Waals surface area contributed by atoms with Crippen LogP contribution in [0.15, 0.2) is 71.6 Å². The number of esters is 1. The van der Waals surface area contributed by atoms with Gasteiger partial charge in [-0.15, -0.1) is 0 Å². The molecule has 0 radical (unpaired) electrons. The average Bonchev–Trinajstić information content (AvgIpc) is 3.48. The fraction of sp³-hybridized carbons (Fsp3) is 0.296. The van der Waals surface area contributed by atoms with Gasteiger partial charge in [0.05, 0.1) is 18.9 Å². The van der Waals surface area contributed by atoms with E-state index in [-0.39, 0.29) is 24.2 Å². The Labute approximate surface area is 204 Å². The van der Waals surface area contributed by atoms with E-state index in [9.17, 15) is 14.4 Å². The monoisotopic (exact) mass is 476 g/mol. The number of carbonyl (C=O) groups excluding carboxylic acids is 3. The van der Waals surface area contributed by atoms with Crippen molar-refractivity contribution >= 4 is 29.4 Å². The lowest BCUT2D eigenvalue weighted by Crippen LogP contribution is -2.35. The third-order valence-electron chi connectivity index (χ3n) is 5.91. The molecule has 1 amide bonds. The molecule has 1 saturated heterocycles. The van der Waals surface area contributed by atoms with Gasteiger partial charge in [-0.2, -0.15) is 0 Å². The number of ketones is 1. The Morgan fingerprint density at radius 1 is 1.14 bits per heavy atom. The van der Waals surface area contributed by atoms with Gasteiger partial charge in [-0.3, -0.25) is 9.59 Å². The molecule has 182 valence electrons. The predicted molar refractivity (Wildman–Crippen MR) is 131 cm³/mol. The zero-order valence-electron chi connectivity index (χ0n) is 19.8. The SMILES string of the molecule is COC(=O)C1=C(C)N(c2ccccc2)/C(=C\c2ccc(OCC(=O)NC[C@H]3CCCO3)cc2)C1=O.